The van der Waals surface area contributed by atoms with Crippen LogP contribution in [0.25, 0.3) is 0 Å². The zero-order valence-corrected chi connectivity index (χ0v) is 15.6. The van der Waals surface area contributed by atoms with Gasteiger partial charge in [-0.1, -0.05) is 31.9 Å². The van der Waals surface area contributed by atoms with Gasteiger partial charge in [-0.2, -0.15) is 0 Å². The number of nitrogens with zero attached hydrogens (tertiary/aromatic N) is 2. The van der Waals surface area contributed by atoms with Crippen molar-refractivity contribution in [2.75, 3.05) is 26.7 Å². The average molecular weight is 332 g/mol. The summed E-state index contributed by atoms with van der Waals surface area (Å²) in [5.41, 5.74) is 1.87. The van der Waals surface area contributed by atoms with Crippen LogP contribution in [0.5, 0.6) is 0 Å². The van der Waals surface area contributed by atoms with Crippen molar-refractivity contribution in [3.8, 4) is 0 Å². The van der Waals surface area contributed by atoms with Gasteiger partial charge in [-0.15, -0.1) is 0 Å². The molecular formula is C19H32N4O. The van der Waals surface area contributed by atoms with E-state index in [9.17, 15) is 4.79 Å². The number of benzene rings is 1. The first-order chi connectivity index (χ1) is 11.7. The highest BCUT2D eigenvalue weighted by atomic mass is 16.2. The van der Waals surface area contributed by atoms with Crippen molar-refractivity contribution in [3.05, 3.63) is 35.4 Å². The molecule has 0 spiro atoms. The molecule has 134 valence electrons. The Morgan fingerprint density at radius 2 is 1.71 bits per heavy atom. The Hall–Kier alpha value is -2.04. The Morgan fingerprint density at radius 1 is 1.04 bits per heavy atom. The second-order valence-corrected chi connectivity index (χ2v) is 5.73. The van der Waals surface area contributed by atoms with E-state index in [4.69, 9.17) is 0 Å². The summed E-state index contributed by atoms with van der Waals surface area (Å²) in [5.74, 6) is 0.905. The lowest BCUT2D eigenvalue weighted by atomic mass is 10.1. The van der Waals surface area contributed by atoms with Crippen LogP contribution in [-0.2, 0) is 6.54 Å². The van der Waals surface area contributed by atoms with E-state index in [-0.39, 0.29) is 5.91 Å². The van der Waals surface area contributed by atoms with E-state index < -0.39 is 0 Å². The second-order valence-electron chi connectivity index (χ2n) is 5.73. The van der Waals surface area contributed by atoms with Crippen molar-refractivity contribution in [1.29, 1.82) is 0 Å². The molecule has 0 saturated heterocycles. The predicted molar refractivity (Wildman–Crippen MR) is 101 cm³/mol. The highest BCUT2D eigenvalue weighted by Crippen LogP contribution is 2.08. The fourth-order valence-electron chi connectivity index (χ4n) is 2.45. The van der Waals surface area contributed by atoms with Crippen LogP contribution in [0.3, 0.4) is 0 Å². The molecule has 0 radical (unpaired) electrons. The molecule has 0 atom stereocenters. The number of guanidine groups is 1. The highest BCUT2D eigenvalue weighted by molar-refractivity contribution is 5.94. The summed E-state index contributed by atoms with van der Waals surface area (Å²) in [7, 11) is 1.78. The number of amides is 1. The first-order valence-corrected chi connectivity index (χ1v) is 8.98. The van der Waals surface area contributed by atoms with Crippen LogP contribution >= 0.6 is 0 Å². The maximum absolute atomic E-state index is 12.3. The van der Waals surface area contributed by atoms with Gasteiger partial charge >= 0.3 is 0 Å². The molecule has 0 unspecified atom stereocenters. The molecule has 0 saturated carbocycles. The van der Waals surface area contributed by atoms with Gasteiger partial charge in [0, 0.05) is 38.8 Å². The topological polar surface area (TPSA) is 56.7 Å². The number of carbonyl (C=O) groups is 1. The summed E-state index contributed by atoms with van der Waals surface area (Å²) >= 11 is 0. The van der Waals surface area contributed by atoms with Crippen molar-refractivity contribution in [2.45, 2.75) is 46.6 Å². The zero-order chi connectivity index (χ0) is 17.8. The normalized spacial score (nSPS) is 11.2. The molecule has 0 heterocycles. The van der Waals surface area contributed by atoms with Gasteiger partial charge in [-0.25, -0.2) is 0 Å². The molecule has 1 aromatic rings. The minimum absolute atomic E-state index is 0.0907. The maximum Gasteiger partial charge on any atom is 0.253 e. The molecule has 5 nitrogen and oxygen atoms in total. The Kier molecular flexibility index (Phi) is 9.58. The average Bonchev–Trinajstić information content (AvgIpc) is 2.62. The Balaban J connectivity index is 2.50. The van der Waals surface area contributed by atoms with E-state index in [1.54, 1.807) is 7.05 Å². The summed E-state index contributed by atoms with van der Waals surface area (Å²) in [4.78, 5) is 18.3. The SMILES string of the molecule is CCCCCNC(=NC)NCc1ccc(C(=O)N(CC)CC)cc1. The molecule has 0 bridgehead atoms. The second kappa shape index (κ2) is 11.5. The number of nitrogens with one attached hydrogen (secondary N) is 2. The molecule has 0 aromatic heterocycles. The lowest BCUT2D eigenvalue weighted by molar-refractivity contribution is 0.0773. The van der Waals surface area contributed by atoms with Crippen LogP contribution in [-0.4, -0.2) is 43.4 Å². The third-order valence-corrected chi connectivity index (χ3v) is 4.01. The van der Waals surface area contributed by atoms with Crippen LogP contribution in [0, 0.1) is 0 Å². The molecule has 0 aliphatic rings. The summed E-state index contributed by atoms with van der Waals surface area (Å²) in [6.07, 6.45) is 3.59. The van der Waals surface area contributed by atoms with Gasteiger partial charge in [0.2, 0.25) is 0 Å². The van der Waals surface area contributed by atoms with Gasteiger partial charge in [-0.05, 0) is 38.0 Å². The van der Waals surface area contributed by atoms with Gasteiger partial charge < -0.3 is 15.5 Å². The van der Waals surface area contributed by atoms with Crippen molar-refractivity contribution in [3.63, 3.8) is 0 Å². The molecule has 2 N–H and O–H groups in total. The molecule has 1 aromatic carbocycles. The van der Waals surface area contributed by atoms with Crippen molar-refractivity contribution in [2.24, 2.45) is 4.99 Å². The van der Waals surface area contributed by atoms with Crippen molar-refractivity contribution in [1.82, 2.24) is 15.5 Å². The van der Waals surface area contributed by atoms with Gasteiger partial charge in [-0.3, -0.25) is 9.79 Å². The zero-order valence-electron chi connectivity index (χ0n) is 15.6. The third-order valence-electron chi connectivity index (χ3n) is 4.01. The van der Waals surface area contributed by atoms with E-state index in [0.717, 1.165) is 43.1 Å². The van der Waals surface area contributed by atoms with Gasteiger partial charge in [0.05, 0.1) is 0 Å². The molecule has 24 heavy (non-hydrogen) atoms. The molecule has 0 aliphatic carbocycles. The first-order valence-electron chi connectivity index (χ1n) is 8.98. The Morgan fingerprint density at radius 3 is 2.25 bits per heavy atom. The van der Waals surface area contributed by atoms with Crippen LogP contribution in [0.2, 0.25) is 0 Å². The van der Waals surface area contributed by atoms with E-state index >= 15 is 0 Å². The number of carbonyl (C=O) groups excluding carboxylic acids is 1. The smallest absolute Gasteiger partial charge is 0.253 e. The van der Waals surface area contributed by atoms with E-state index in [1.165, 1.54) is 12.8 Å². The molecule has 1 rings (SSSR count). The highest BCUT2D eigenvalue weighted by Gasteiger charge is 2.11. The van der Waals surface area contributed by atoms with Crippen molar-refractivity contribution >= 4 is 11.9 Å². The fraction of sp³-hybridized carbons (Fsp3) is 0.579. The monoisotopic (exact) mass is 332 g/mol. The molecule has 5 heteroatoms. The van der Waals surface area contributed by atoms with Crippen LogP contribution in [0.15, 0.2) is 29.3 Å². The molecule has 1 amide bonds. The maximum atomic E-state index is 12.3. The summed E-state index contributed by atoms with van der Waals surface area (Å²) < 4.78 is 0. The first kappa shape index (κ1) is 20.0. The summed E-state index contributed by atoms with van der Waals surface area (Å²) in [6.45, 7) is 9.29. The van der Waals surface area contributed by atoms with Gasteiger partial charge in [0.15, 0.2) is 5.96 Å². The molecular weight excluding hydrogens is 300 g/mol. The number of aliphatic imine (C=N–C) groups is 1. The van der Waals surface area contributed by atoms with Crippen LogP contribution < -0.4 is 10.6 Å². The minimum Gasteiger partial charge on any atom is -0.356 e. The predicted octanol–water partition coefficient (Wildman–Crippen LogP) is 3.02. The van der Waals surface area contributed by atoms with E-state index in [0.29, 0.717) is 6.54 Å². The molecule has 0 fully saturated rings. The number of rotatable bonds is 9. The Bertz CT molecular complexity index is 507. The number of hydrogen-bond acceptors (Lipinski definition) is 2. The van der Waals surface area contributed by atoms with Crippen molar-refractivity contribution < 1.29 is 4.79 Å². The molecule has 0 aliphatic heterocycles. The standard InChI is InChI=1S/C19H32N4O/c1-5-8-9-14-21-19(20-4)22-15-16-10-12-17(13-11-16)18(24)23(6-2)7-3/h10-13H,5-9,14-15H2,1-4H3,(H2,20,21,22). The summed E-state index contributed by atoms with van der Waals surface area (Å²) in [6, 6.07) is 7.78. The Labute approximate surface area is 146 Å². The van der Waals surface area contributed by atoms with E-state index in [2.05, 4.69) is 22.5 Å². The van der Waals surface area contributed by atoms with Gasteiger partial charge in [0.1, 0.15) is 0 Å². The lowest BCUT2D eigenvalue weighted by Gasteiger charge is -2.18. The fourth-order valence-corrected chi connectivity index (χ4v) is 2.45. The van der Waals surface area contributed by atoms with E-state index in [1.807, 2.05) is 43.0 Å². The largest absolute Gasteiger partial charge is 0.356 e. The van der Waals surface area contributed by atoms with Crippen LogP contribution in [0.4, 0.5) is 0 Å². The summed E-state index contributed by atoms with van der Waals surface area (Å²) in [5, 5.41) is 6.61. The quantitative estimate of drug-likeness (QED) is 0.415. The lowest BCUT2D eigenvalue weighted by Crippen LogP contribution is -2.37. The third kappa shape index (κ3) is 6.60. The van der Waals surface area contributed by atoms with Gasteiger partial charge in [0.25, 0.3) is 5.91 Å². The minimum atomic E-state index is 0.0907. The number of unbranched alkanes of at least 4 members (excludes halogenated alkanes) is 2. The number of hydrogen-bond donors (Lipinski definition) is 2. The van der Waals surface area contributed by atoms with Crippen LogP contribution in [0.1, 0.15) is 56.0 Å².